The van der Waals surface area contributed by atoms with Gasteiger partial charge in [-0.15, -0.1) is 0 Å². The van der Waals surface area contributed by atoms with Crippen LogP contribution in [-0.4, -0.2) is 52.1 Å². The van der Waals surface area contributed by atoms with Gasteiger partial charge in [0.15, 0.2) is 17.0 Å². The molecule has 25 heavy (non-hydrogen) atoms. The Kier molecular flexibility index (Phi) is 4.02. The lowest BCUT2D eigenvalue weighted by molar-refractivity contribution is 0.122. The van der Waals surface area contributed by atoms with Gasteiger partial charge in [0, 0.05) is 13.1 Å². The minimum atomic E-state index is 0.357. The van der Waals surface area contributed by atoms with Crippen LogP contribution in [0.5, 0.6) is 0 Å². The van der Waals surface area contributed by atoms with Gasteiger partial charge in [-0.2, -0.15) is 15.1 Å². The molecule has 3 heterocycles. The molecule has 1 aliphatic heterocycles. The number of nitrogens with zero attached hydrogens (tertiary/aromatic N) is 6. The van der Waals surface area contributed by atoms with Crippen molar-refractivity contribution in [3.05, 3.63) is 41.7 Å². The Morgan fingerprint density at radius 1 is 1.24 bits per heavy atom. The van der Waals surface area contributed by atoms with Crippen molar-refractivity contribution < 1.29 is 4.74 Å². The number of rotatable bonds is 3. The van der Waals surface area contributed by atoms with Gasteiger partial charge in [-0.25, -0.2) is 9.66 Å². The minimum Gasteiger partial charge on any atom is -0.382 e. The number of hydrogen-bond donors (Lipinski definition) is 1. The first kappa shape index (κ1) is 15.5. The molecule has 0 amide bonds. The van der Waals surface area contributed by atoms with E-state index in [0.717, 1.165) is 18.7 Å². The van der Waals surface area contributed by atoms with Crippen molar-refractivity contribution in [2.75, 3.05) is 36.9 Å². The average molecular weight is 337 g/mol. The molecule has 8 heteroatoms. The van der Waals surface area contributed by atoms with Crippen molar-refractivity contribution in [3.63, 3.8) is 0 Å². The largest absolute Gasteiger partial charge is 0.382 e. The molecule has 128 valence electrons. The van der Waals surface area contributed by atoms with Crippen LogP contribution in [0.3, 0.4) is 0 Å². The molecule has 0 aliphatic carbocycles. The van der Waals surface area contributed by atoms with E-state index in [1.807, 2.05) is 25.1 Å². The van der Waals surface area contributed by atoms with Crippen molar-refractivity contribution in [1.82, 2.24) is 19.6 Å². The molecule has 0 spiro atoms. The van der Waals surface area contributed by atoms with E-state index < -0.39 is 0 Å². The highest BCUT2D eigenvalue weighted by molar-refractivity contribution is 5.84. The number of imidazole rings is 1. The van der Waals surface area contributed by atoms with Crippen LogP contribution >= 0.6 is 0 Å². The molecule has 1 fully saturated rings. The zero-order valence-corrected chi connectivity index (χ0v) is 14.0. The molecule has 1 aromatic carbocycles. The maximum Gasteiger partial charge on any atom is 0.229 e. The van der Waals surface area contributed by atoms with E-state index in [1.54, 1.807) is 17.2 Å². The molecule has 8 nitrogen and oxygen atoms in total. The number of morpholine rings is 1. The highest BCUT2D eigenvalue weighted by atomic mass is 16.5. The summed E-state index contributed by atoms with van der Waals surface area (Å²) in [6, 6.07) is 8.11. The van der Waals surface area contributed by atoms with E-state index in [9.17, 15) is 0 Å². The average Bonchev–Trinajstić information content (AvgIpc) is 3.04. The molecule has 0 atom stereocenters. The summed E-state index contributed by atoms with van der Waals surface area (Å²) in [6.45, 7) is 4.85. The van der Waals surface area contributed by atoms with Crippen LogP contribution in [0.2, 0.25) is 0 Å². The van der Waals surface area contributed by atoms with Crippen molar-refractivity contribution in [2.45, 2.75) is 6.92 Å². The van der Waals surface area contributed by atoms with Gasteiger partial charge in [-0.1, -0.05) is 29.8 Å². The van der Waals surface area contributed by atoms with Gasteiger partial charge in [0.1, 0.15) is 6.33 Å². The number of ether oxygens (including phenoxy) is 1. The highest BCUT2D eigenvalue weighted by Crippen LogP contribution is 2.20. The Morgan fingerprint density at radius 3 is 2.88 bits per heavy atom. The third-order valence-corrected chi connectivity index (χ3v) is 4.06. The summed E-state index contributed by atoms with van der Waals surface area (Å²) in [5.74, 6) is 0.941. The van der Waals surface area contributed by atoms with Crippen LogP contribution in [0.25, 0.3) is 11.2 Å². The Bertz CT molecular complexity index is 928. The maximum atomic E-state index is 6.07. The summed E-state index contributed by atoms with van der Waals surface area (Å²) >= 11 is 0. The lowest BCUT2D eigenvalue weighted by Gasteiger charge is -2.26. The molecule has 3 aromatic rings. The van der Waals surface area contributed by atoms with E-state index in [-0.39, 0.29) is 0 Å². The first-order valence-electron chi connectivity index (χ1n) is 8.15. The van der Waals surface area contributed by atoms with Crippen LogP contribution in [-0.2, 0) is 4.74 Å². The number of hydrogen-bond acceptors (Lipinski definition) is 7. The van der Waals surface area contributed by atoms with Gasteiger partial charge < -0.3 is 15.4 Å². The third-order valence-electron chi connectivity index (χ3n) is 4.06. The smallest absolute Gasteiger partial charge is 0.229 e. The molecule has 0 bridgehead atoms. The molecular weight excluding hydrogens is 318 g/mol. The monoisotopic (exact) mass is 337 g/mol. The van der Waals surface area contributed by atoms with Gasteiger partial charge in [0.2, 0.25) is 5.95 Å². The predicted octanol–water partition coefficient (Wildman–Crippen LogP) is 1.44. The van der Waals surface area contributed by atoms with Crippen molar-refractivity contribution in [1.29, 1.82) is 0 Å². The summed E-state index contributed by atoms with van der Waals surface area (Å²) in [6.07, 6.45) is 3.38. The van der Waals surface area contributed by atoms with E-state index >= 15 is 0 Å². The summed E-state index contributed by atoms with van der Waals surface area (Å²) in [5.41, 5.74) is 9.41. The van der Waals surface area contributed by atoms with Crippen LogP contribution in [0.4, 0.5) is 11.8 Å². The van der Waals surface area contributed by atoms with Crippen molar-refractivity contribution in [2.24, 2.45) is 5.10 Å². The topological polar surface area (TPSA) is 94.5 Å². The summed E-state index contributed by atoms with van der Waals surface area (Å²) in [4.78, 5) is 15.3. The standard InChI is InChI=1S/C17H19N7O/c1-12-3-2-4-13(9-12)10-20-24-11-19-14-15(18)21-17(22-16(14)24)23-5-7-25-8-6-23/h2-4,9-11H,5-8H2,1H3,(H2,18,21,22). The first-order valence-corrected chi connectivity index (χ1v) is 8.15. The number of benzene rings is 1. The van der Waals surface area contributed by atoms with Crippen LogP contribution in [0.1, 0.15) is 11.1 Å². The Morgan fingerprint density at radius 2 is 2.08 bits per heavy atom. The minimum absolute atomic E-state index is 0.357. The molecular formula is C17H19N7O. The zero-order chi connectivity index (χ0) is 17.2. The normalized spacial score (nSPS) is 15.3. The van der Waals surface area contributed by atoms with Crippen molar-refractivity contribution in [3.8, 4) is 0 Å². The molecule has 4 rings (SSSR count). The van der Waals surface area contributed by atoms with Crippen LogP contribution in [0, 0.1) is 6.92 Å². The number of aryl methyl sites for hydroxylation is 1. The Hall–Kier alpha value is -3.00. The van der Waals surface area contributed by atoms with Gasteiger partial charge in [-0.05, 0) is 12.5 Å². The lowest BCUT2D eigenvalue weighted by Crippen LogP contribution is -2.37. The maximum absolute atomic E-state index is 6.07. The fourth-order valence-corrected chi connectivity index (χ4v) is 2.77. The first-order chi connectivity index (χ1) is 12.2. The van der Waals surface area contributed by atoms with Gasteiger partial charge in [-0.3, -0.25) is 0 Å². The van der Waals surface area contributed by atoms with Crippen LogP contribution < -0.4 is 10.6 Å². The quantitative estimate of drug-likeness (QED) is 0.727. The SMILES string of the molecule is Cc1cccc(C=Nn2cnc3c(N)nc(N4CCOCC4)nc32)c1. The second-order valence-corrected chi connectivity index (χ2v) is 5.93. The second kappa shape index (κ2) is 6.48. The summed E-state index contributed by atoms with van der Waals surface area (Å²) < 4.78 is 7.00. The lowest BCUT2D eigenvalue weighted by atomic mass is 10.2. The second-order valence-electron chi connectivity index (χ2n) is 5.93. The summed E-state index contributed by atoms with van der Waals surface area (Å²) in [7, 11) is 0. The Balaban J connectivity index is 1.70. The molecule has 1 aliphatic rings. The molecule has 1 saturated heterocycles. The van der Waals surface area contributed by atoms with Crippen molar-refractivity contribution >= 4 is 29.1 Å². The molecule has 0 saturated carbocycles. The Labute approximate surface area is 145 Å². The number of nitrogens with two attached hydrogens (primary N) is 1. The third kappa shape index (κ3) is 3.16. The van der Waals surface area contributed by atoms with Gasteiger partial charge in [0.05, 0.1) is 19.4 Å². The van der Waals surface area contributed by atoms with E-state index in [0.29, 0.717) is 36.1 Å². The highest BCUT2D eigenvalue weighted by Gasteiger charge is 2.18. The number of anilines is 2. The number of fused-ring (bicyclic) bond motifs is 1. The van der Waals surface area contributed by atoms with E-state index in [1.165, 1.54) is 5.56 Å². The fraction of sp³-hybridized carbons (Fsp3) is 0.294. The fourth-order valence-electron chi connectivity index (χ4n) is 2.77. The summed E-state index contributed by atoms with van der Waals surface area (Å²) in [5, 5.41) is 4.47. The van der Waals surface area contributed by atoms with E-state index in [4.69, 9.17) is 10.5 Å². The number of aromatic nitrogens is 4. The zero-order valence-electron chi connectivity index (χ0n) is 14.0. The molecule has 2 N–H and O–H groups in total. The van der Waals surface area contributed by atoms with Crippen LogP contribution in [0.15, 0.2) is 35.7 Å². The van der Waals surface area contributed by atoms with E-state index in [2.05, 4.69) is 31.0 Å². The number of nitrogen functional groups attached to an aromatic ring is 1. The van der Waals surface area contributed by atoms with Gasteiger partial charge in [0.25, 0.3) is 0 Å². The molecule has 2 aromatic heterocycles. The predicted molar refractivity (Wildman–Crippen MR) is 96.9 cm³/mol. The van der Waals surface area contributed by atoms with Gasteiger partial charge >= 0.3 is 0 Å². The molecule has 0 unspecified atom stereocenters. The molecule has 0 radical (unpaired) electrons.